The van der Waals surface area contributed by atoms with E-state index in [4.69, 9.17) is 14.2 Å². The van der Waals surface area contributed by atoms with Crippen LogP contribution in [-0.2, 0) is 16.1 Å². The molecule has 0 fully saturated rings. The van der Waals surface area contributed by atoms with Crippen LogP contribution in [-0.4, -0.2) is 28.1 Å². The molecule has 4 aromatic rings. The summed E-state index contributed by atoms with van der Waals surface area (Å²) < 4.78 is 19.0. The van der Waals surface area contributed by atoms with E-state index in [1.165, 1.54) is 17.4 Å². The van der Waals surface area contributed by atoms with Crippen LogP contribution in [0.3, 0.4) is 0 Å². The summed E-state index contributed by atoms with van der Waals surface area (Å²) in [6, 6.07) is 16.1. The number of ether oxygens (including phenoxy) is 3. The molecule has 3 heterocycles. The molecule has 140 valence electrons. The number of esters is 1. The van der Waals surface area contributed by atoms with Crippen LogP contribution < -0.4 is 15.0 Å². The molecular formula is C20H14N2O5S. The van der Waals surface area contributed by atoms with Gasteiger partial charge < -0.3 is 14.2 Å². The van der Waals surface area contributed by atoms with Crippen molar-refractivity contribution in [2.45, 2.75) is 12.7 Å². The van der Waals surface area contributed by atoms with Gasteiger partial charge in [0, 0.05) is 6.07 Å². The fourth-order valence-electron chi connectivity index (χ4n) is 3.07. The number of hydrogen-bond donors (Lipinski definition) is 0. The van der Waals surface area contributed by atoms with Crippen molar-refractivity contribution in [2.24, 2.45) is 0 Å². The van der Waals surface area contributed by atoms with Crippen molar-refractivity contribution in [1.29, 1.82) is 0 Å². The molecule has 1 aliphatic rings. The normalized spacial score (nSPS) is 15.6. The zero-order valence-electron chi connectivity index (χ0n) is 14.5. The van der Waals surface area contributed by atoms with E-state index in [2.05, 4.69) is 4.98 Å². The van der Waals surface area contributed by atoms with Gasteiger partial charge in [0.2, 0.25) is 6.10 Å². The standard InChI is InChI=1S/C20H14N2O5S/c23-18-9-12(21-20-22(18)13-5-1-4-8-17(13)28-20)10-26-19(24)16-11-25-14-6-2-3-7-15(14)27-16/h1-9,16H,10-11H2/t16-/m1/s1. The second-order valence-corrected chi connectivity index (χ2v) is 7.25. The summed E-state index contributed by atoms with van der Waals surface area (Å²) in [6.07, 6.45) is -0.857. The van der Waals surface area contributed by atoms with E-state index in [-0.39, 0.29) is 18.8 Å². The SMILES string of the molecule is O=C(OCc1cc(=O)n2c(n1)sc1ccccc12)[C@H]1COc2ccccc2O1. The molecule has 1 atom stereocenters. The number of para-hydroxylation sites is 3. The Kier molecular flexibility index (Phi) is 3.98. The summed E-state index contributed by atoms with van der Waals surface area (Å²) in [5.41, 5.74) is 0.997. The highest BCUT2D eigenvalue weighted by Gasteiger charge is 2.28. The Hall–Kier alpha value is -3.39. The predicted molar refractivity (Wildman–Crippen MR) is 103 cm³/mol. The molecule has 2 aromatic carbocycles. The number of aromatic nitrogens is 2. The fraction of sp³-hybridized carbons (Fsp3) is 0.150. The Morgan fingerprint density at radius 1 is 1.18 bits per heavy atom. The fourth-order valence-corrected chi connectivity index (χ4v) is 4.12. The maximum atomic E-state index is 12.5. The molecule has 0 N–H and O–H groups in total. The van der Waals surface area contributed by atoms with Crippen molar-refractivity contribution < 1.29 is 19.0 Å². The predicted octanol–water partition coefficient (Wildman–Crippen LogP) is 2.79. The summed E-state index contributed by atoms with van der Waals surface area (Å²) >= 11 is 1.41. The van der Waals surface area contributed by atoms with E-state index in [0.29, 0.717) is 22.2 Å². The molecule has 0 saturated heterocycles. The highest BCUT2D eigenvalue weighted by atomic mass is 32.1. The number of fused-ring (bicyclic) bond motifs is 4. The molecule has 0 aliphatic carbocycles. The monoisotopic (exact) mass is 394 g/mol. The van der Waals surface area contributed by atoms with Crippen LogP contribution in [0.4, 0.5) is 0 Å². The van der Waals surface area contributed by atoms with E-state index in [9.17, 15) is 9.59 Å². The minimum absolute atomic E-state index is 0.0707. The molecule has 1 aliphatic heterocycles. The molecular weight excluding hydrogens is 380 g/mol. The number of thiazole rings is 1. The van der Waals surface area contributed by atoms with E-state index >= 15 is 0 Å². The molecule has 5 rings (SSSR count). The lowest BCUT2D eigenvalue weighted by Crippen LogP contribution is -2.37. The minimum Gasteiger partial charge on any atom is -0.485 e. The van der Waals surface area contributed by atoms with Gasteiger partial charge in [0.15, 0.2) is 16.5 Å². The lowest BCUT2D eigenvalue weighted by atomic mass is 10.2. The van der Waals surface area contributed by atoms with E-state index in [1.54, 1.807) is 22.6 Å². The third kappa shape index (κ3) is 2.87. The first-order valence-corrected chi connectivity index (χ1v) is 9.46. The Bertz CT molecular complexity index is 1260. The summed E-state index contributed by atoms with van der Waals surface area (Å²) in [5.74, 6) is 0.531. The third-order valence-corrected chi connectivity index (χ3v) is 5.40. The number of hydrogen-bond acceptors (Lipinski definition) is 7. The van der Waals surface area contributed by atoms with Gasteiger partial charge in [-0.1, -0.05) is 35.6 Å². The average molecular weight is 394 g/mol. The van der Waals surface area contributed by atoms with E-state index in [0.717, 1.165) is 10.2 Å². The lowest BCUT2D eigenvalue weighted by molar-refractivity contribution is -0.156. The van der Waals surface area contributed by atoms with Gasteiger partial charge in [0.25, 0.3) is 5.56 Å². The van der Waals surface area contributed by atoms with Gasteiger partial charge in [-0.05, 0) is 24.3 Å². The van der Waals surface area contributed by atoms with Crippen LogP contribution in [0.25, 0.3) is 15.2 Å². The Morgan fingerprint density at radius 3 is 2.86 bits per heavy atom. The van der Waals surface area contributed by atoms with Crippen LogP contribution in [0.5, 0.6) is 11.5 Å². The van der Waals surface area contributed by atoms with Crippen LogP contribution in [0, 0.1) is 0 Å². The number of nitrogens with zero attached hydrogens (tertiary/aromatic N) is 2. The van der Waals surface area contributed by atoms with Crippen LogP contribution >= 0.6 is 11.3 Å². The smallest absolute Gasteiger partial charge is 0.351 e. The van der Waals surface area contributed by atoms with Crippen molar-refractivity contribution in [3.05, 3.63) is 70.6 Å². The summed E-state index contributed by atoms with van der Waals surface area (Å²) in [5, 5.41) is 0. The molecule has 0 radical (unpaired) electrons. The number of carbonyl (C=O) groups is 1. The van der Waals surface area contributed by atoms with E-state index in [1.807, 2.05) is 30.3 Å². The molecule has 8 heteroatoms. The van der Waals surface area contributed by atoms with Gasteiger partial charge in [-0.15, -0.1) is 0 Å². The second-order valence-electron chi connectivity index (χ2n) is 6.25. The quantitative estimate of drug-likeness (QED) is 0.497. The van der Waals surface area contributed by atoms with Crippen molar-refractivity contribution in [2.75, 3.05) is 6.61 Å². The molecule has 28 heavy (non-hydrogen) atoms. The molecule has 0 amide bonds. The number of benzene rings is 2. The van der Waals surface area contributed by atoms with Crippen molar-refractivity contribution in [3.63, 3.8) is 0 Å². The van der Waals surface area contributed by atoms with Crippen molar-refractivity contribution in [1.82, 2.24) is 9.38 Å². The minimum atomic E-state index is -0.857. The summed E-state index contributed by atoms with van der Waals surface area (Å²) in [7, 11) is 0. The summed E-state index contributed by atoms with van der Waals surface area (Å²) in [4.78, 5) is 29.9. The molecule has 2 aromatic heterocycles. The number of rotatable bonds is 3. The Morgan fingerprint density at radius 2 is 1.96 bits per heavy atom. The number of carbonyl (C=O) groups excluding carboxylic acids is 1. The van der Waals surface area contributed by atoms with Crippen molar-refractivity contribution >= 4 is 32.5 Å². The molecule has 0 spiro atoms. The van der Waals surface area contributed by atoms with Crippen LogP contribution in [0.2, 0.25) is 0 Å². The van der Waals surface area contributed by atoms with Gasteiger partial charge in [-0.25, -0.2) is 9.78 Å². The van der Waals surface area contributed by atoms with Gasteiger partial charge in [-0.2, -0.15) is 0 Å². The van der Waals surface area contributed by atoms with Crippen molar-refractivity contribution in [3.8, 4) is 11.5 Å². The van der Waals surface area contributed by atoms with Crippen LogP contribution in [0.1, 0.15) is 5.69 Å². The average Bonchev–Trinajstić information content (AvgIpc) is 3.10. The Labute approximate surface area is 162 Å². The first-order chi connectivity index (χ1) is 13.7. The van der Waals surface area contributed by atoms with Gasteiger partial charge in [0.05, 0.1) is 15.9 Å². The first-order valence-electron chi connectivity index (χ1n) is 8.64. The van der Waals surface area contributed by atoms with Gasteiger partial charge in [-0.3, -0.25) is 9.20 Å². The third-order valence-electron chi connectivity index (χ3n) is 4.38. The summed E-state index contributed by atoms with van der Waals surface area (Å²) in [6.45, 7) is -0.0401. The highest BCUT2D eigenvalue weighted by Crippen LogP contribution is 2.31. The molecule has 0 bridgehead atoms. The van der Waals surface area contributed by atoms with Crippen LogP contribution in [0.15, 0.2) is 59.4 Å². The van der Waals surface area contributed by atoms with E-state index < -0.39 is 12.1 Å². The maximum Gasteiger partial charge on any atom is 0.351 e. The highest BCUT2D eigenvalue weighted by molar-refractivity contribution is 7.23. The topological polar surface area (TPSA) is 79.1 Å². The second kappa shape index (κ2) is 6.65. The zero-order valence-corrected chi connectivity index (χ0v) is 15.3. The Balaban J connectivity index is 1.34. The lowest BCUT2D eigenvalue weighted by Gasteiger charge is -2.24. The first kappa shape index (κ1) is 16.8. The van der Waals surface area contributed by atoms with Gasteiger partial charge in [0.1, 0.15) is 13.2 Å². The van der Waals surface area contributed by atoms with Gasteiger partial charge >= 0.3 is 5.97 Å². The molecule has 7 nitrogen and oxygen atoms in total. The molecule has 0 saturated carbocycles. The zero-order chi connectivity index (χ0) is 19.1. The molecule has 0 unspecified atom stereocenters. The largest absolute Gasteiger partial charge is 0.485 e. The maximum absolute atomic E-state index is 12.5.